The lowest BCUT2D eigenvalue weighted by atomic mass is 10.0. The molecule has 21 heavy (non-hydrogen) atoms. The molecule has 0 bridgehead atoms. The van der Waals surface area contributed by atoms with Gasteiger partial charge in [0.05, 0.1) is 0 Å². The van der Waals surface area contributed by atoms with Crippen LogP contribution in [0.4, 0.5) is 0 Å². The monoisotopic (exact) mass is 296 g/mol. The molecule has 2 atom stereocenters. The summed E-state index contributed by atoms with van der Waals surface area (Å²) in [5.41, 5.74) is 0. The molecule has 0 N–H and O–H groups in total. The molecule has 1 heteroatoms. The van der Waals surface area contributed by atoms with Crippen LogP contribution in [0.3, 0.4) is 0 Å². The summed E-state index contributed by atoms with van der Waals surface area (Å²) in [5.74, 6) is 2.22. The fourth-order valence-corrected chi connectivity index (χ4v) is 3.34. The number of hydrogen-bond acceptors (Lipinski definition) is 1. The zero-order valence-electron chi connectivity index (χ0n) is 14.9. The van der Waals surface area contributed by atoms with Crippen molar-refractivity contribution in [1.29, 1.82) is 0 Å². The summed E-state index contributed by atoms with van der Waals surface area (Å²) < 4.78 is 5.60. The minimum absolute atomic E-state index is 0.971. The smallest absolute Gasteiger partial charge is 0.0466 e. The van der Waals surface area contributed by atoms with Crippen molar-refractivity contribution >= 4 is 0 Å². The van der Waals surface area contributed by atoms with Gasteiger partial charge in [-0.15, -0.1) is 0 Å². The predicted molar refractivity (Wildman–Crippen MR) is 93.8 cm³/mol. The normalized spacial score (nSPS) is 20.9. The molecule has 0 radical (unpaired) electrons. The highest BCUT2D eigenvalue weighted by Gasteiger charge is 2.34. The average Bonchev–Trinajstić information content (AvgIpc) is 3.24. The van der Waals surface area contributed by atoms with E-state index < -0.39 is 0 Å². The van der Waals surface area contributed by atoms with Crippen molar-refractivity contribution in [2.75, 3.05) is 13.2 Å². The van der Waals surface area contributed by atoms with Crippen molar-refractivity contribution in [3.63, 3.8) is 0 Å². The van der Waals surface area contributed by atoms with Crippen molar-refractivity contribution in [3.8, 4) is 0 Å². The molecule has 0 aliphatic heterocycles. The molecule has 2 unspecified atom stereocenters. The SMILES string of the molecule is CCCCCCCC1CC1CCCCCCOCCCC. The third kappa shape index (κ3) is 11.2. The summed E-state index contributed by atoms with van der Waals surface area (Å²) in [5, 5.41) is 0. The second kappa shape index (κ2) is 13.6. The van der Waals surface area contributed by atoms with Gasteiger partial charge in [-0.25, -0.2) is 0 Å². The minimum Gasteiger partial charge on any atom is -0.381 e. The summed E-state index contributed by atoms with van der Waals surface area (Å²) in [6.07, 6.45) is 19.9. The van der Waals surface area contributed by atoms with Crippen molar-refractivity contribution in [1.82, 2.24) is 0 Å². The molecule has 1 aliphatic rings. The van der Waals surface area contributed by atoms with E-state index in [0.717, 1.165) is 25.0 Å². The van der Waals surface area contributed by atoms with Crippen molar-refractivity contribution in [2.45, 2.75) is 104 Å². The second-order valence-corrected chi connectivity index (χ2v) is 7.13. The van der Waals surface area contributed by atoms with Crippen LogP contribution in [-0.2, 0) is 4.74 Å². The standard InChI is InChI=1S/C20H40O/c1-3-5-7-8-11-14-19-18-20(19)15-12-9-10-13-17-21-16-6-4-2/h19-20H,3-18H2,1-2H3. The lowest BCUT2D eigenvalue weighted by Gasteiger charge is -2.04. The van der Waals surface area contributed by atoms with E-state index in [4.69, 9.17) is 4.74 Å². The molecule has 1 rings (SSSR count). The minimum atomic E-state index is 0.971. The molecule has 0 amide bonds. The number of rotatable bonds is 16. The van der Waals surface area contributed by atoms with E-state index in [1.54, 1.807) is 6.42 Å². The fraction of sp³-hybridized carbons (Fsp3) is 1.00. The predicted octanol–water partition coefficient (Wildman–Crippen LogP) is 6.75. The molecule has 1 nitrogen and oxygen atoms in total. The van der Waals surface area contributed by atoms with Gasteiger partial charge in [-0.1, -0.05) is 84.5 Å². The van der Waals surface area contributed by atoms with Crippen LogP contribution in [0.1, 0.15) is 104 Å². The van der Waals surface area contributed by atoms with Crippen molar-refractivity contribution in [2.24, 2.45) is 11.8 Å². The van der Waals surface area contributed by atoms with Crippen LogP contribution in [-0.4, -0.2) is 13.2 Å². The lowest BCUT2D eigenvalue weighted by molar-refractivity contribution is 0.127. The van der Waals surface area contributed by atoms with E-state index >= 15 is 0 Å². The zero-order valence-corrected chi connectivity index (χ0v) is 14.9. The quantitative estimate of drug-likeness (QED) is 0.286. The zero-order chi connectivity index (χ0) is 15.2. The summed E-state index contributed by atoms with van der Waals surface area (Å²) in [6.45, 7) is 6.48. The summed E-state index contributed by atoms with van der Waals surface area (Å²) in [6, 6.07) is 0. The fourth-order valence-electron chi connectivity index (χ4n) is 3.34. The maximum atomic E-state index is 5.60. The molecule has 0 aromatic rings. The Bertz CT molecular complexity index is 214. The third-order valence-electron chi connectivity index (χ3n) is 5.00. The Labute approximate surface area is 134 Å². The molecule has 126 valence electrons. The van der Waals surface area contributed by atoms with Crippen LogP contribution in [0.5, 0.6) is 0 Å². The van der Waals surface area contributed by atoms with E-state index in [1.807, 2.05) is 0 Å². The van der Waals surface area contributed by atoms with Gasteiger partial charge in [-0.3, -0.25) is 0 Å². The highest BCUT2D eigenvalue weighted by Crippen LogP contribution is 2.45. The first-order chi connectivity index (χ1) is 10.4. The molecule has 0 heterocycles. The highest BCUT2D eigenvalue weighted by molar-refractivity contribution is 4.85. The van der Waals surface area contributed by atoms with Gasteiger partial charge in [0, 0.05) is 13.2 Å². The Morgan fingerprint density at radius 1 is 0.619 bits per heavy atom. The second-order valence-electron chi connectivity index (χ2n) is 7.13. The van der Waals surface area contributed by atoms with Gasteiger partial charge in [-0.05, 0) is 31.1 Å². The molecule has 0 saturated heterocycles. The topological polar surface area (TPSA) is 9.23 Å². The van der Waals surface area contributed by atoms with Crippen molar-refractivity contribution in [3.05, 3.63) is 0 Å². The molecule has 0 aromatic heterocycles. The number of unbranched alkanes of at least 4 members (excludes halogenated alkanes) is 8. The third-order valence-corrected chi connectivity index (χ3v) is 5.00. The first kappa shape index (κ1) is 19.0. The molecular formula is C20H40O. The van der Waals surface area contributed by atoms with Crippen LogP contribution in [0.25, 0.3) is 0 Å². The molecule has 0 aromatic carbocycles. The van der Waals surface area contributed by atoms with E-state index in [1.165, 1.54) is 83.5 Å². The van der Waals surface area contributed by atoms with Gasteiger partial charge in [0.1, 0.15) is 0 Å². The van der Waals surface area contributed by atoms with E-state index in [0.29, 0.717) is 0 Å². The largest absolute Gasteiger partial charge is 0.381 e. The molecular weight excluding hydrogens is 256 g/mol. The van der Waals surface area contributed by atoms with Crippen LogP contribution < -0.4 is 0 Å². The van der Waals surface area contributed by atoms with Crippen molar-refractivity contribution < 1.29 is 4.74 Å². The van der Waals surface area contributed by atoms with Gasteiger partial charge in [0.2, 0.25) is 0 Å². The maximum absolute atomic E-state index is 5.60. The Hall–Kier alpha value is -0.0400. The van der Waals surface area contributed by atoms with Gasteiger partial charge >= 0.3 is 0 Å². The Kier molecular flexibility index (Phi) is 12.3. The molecule has 0 spiro atoms. The average molecular weight is 297 g/mol. The Balaban J connectivity index is 1.73. The lowest BCUT2D eigenvalue weighted by Crippen LogP contribution is -1.96. The summed E-state index contributed by atoms with van der Waals surface area (Å²) in [7, 11) is 0. The summed E-state index contributed by atoms with van der Waals surface area (Å²) >= 11 is 0. The molecule has 1 aliphatic carbocycles. The van der Waals surface area contributed by atoms with Crippen LogP contribution in [0.15, 0.2) is 0 Å². The number of hydrogen-bond donors (Lipinski definition) is 0. The van der Waals surface area contributed by atoms with Gasteiger partial charge in [0.25, 0.3) is 0 Å². The highest BCUT2D eigenvalue weighted by atomic mass is 16.5. The van der Waals surface area contributed by atoms with Gasteiger partial charge in [0.15, 0.2) is 0 Å². The number of ether oxygens (including phenoxy) is 1. The van der Waals surface area contributed by atoms with Crippen LogP contribution >= 0.6 is 0 Å². The Morgan fingerprint density at radius 2 is 1.14 bits per heavy atom. The first-order valence-electron chi connectivity index (χ1n) is 9.96. The van der Waals surface area contributed by atoms with E-state index in [-0.39, 0.29) is 0 Å². The first-order valence-corrected chi connectivity index (χ1v) is 9.96. The Morgan fingerprint density at radius 3 is 1.76 bits per heavy atom. The summed E-state index contributed by atoms with van der Waals surface area (Å²) in [4.78, 5) is 0. The van der Waals surface area contributed by atoms with E-state index in [9.17, 15) is 0 Å². The van der Waals surface area contributed by atoms with Crippen LogP contribution in [0.2, 0.25) is 0 Å². The van der Waals surface area contributed by atoms with E-state index in [2.05, 4.69) is 13.8 Å². The molecule has 1 fully saturated rings. The molecule has 1 saturated carbocycles. The maximum Gasteiger partial charge on any atom is 0.0466 e. The van der Waals surface area contributed by atoms with Gasteiger partial charge < -0.3 is 4.74 Å². The van der Waals surface area contributed by atoms with Gasteiger partial charge in [-0.2, -0.15) is 0 Å². The van der Waals surface area contributed by atoms with Crippen LogP contribution in [0, 0.1) is 11.8 Å².